The summed E-state index contributed by atoms with van der Waals surface area (Å²) in [6.45, 7) is 7.15. The van der Waals surface area contributed by atoms with E-state index in [2.05, 4.69) is 32.8 Å². The average Bonchev–Trinajstić information content (AvgIpc) is 2.60. The van der Waals surface area contributed by atoms with Gasteiger partial charge in [0.2, 0.25) is 0 Å². The molecule has 0 spiro atoms. The monoisotopic (exact) mass is 357 g/mol. The summed E-state index contributed by atoms with van der Waals surface area (Å²) in [6.07, 6.45) is 1.56. The van der Waals surface area contributed by atoms with Crippen molar-refractivity contribution in [2.75, 3.05) is 30.3 Å². The number of pyridine rings is 1. The maximum atomic E-state index is 14.8. The van der Waals surface area contributed by atoms with Gasteiger partial charge < -0.3 is 16.0 Å². The van der Waals surface area contributed by atoms with E-state index in [-0.39, 0.29) is 5.69 Å². The SMILES string of the molecule is Cc1ccc(NC(=O)Nc2cccc(CN3CCN[C@H](C)C3)c2F)cn1. The second-order valence-electron chi connectivity index (χ2n) is 6.64. The van der Waals surface area contributed by atoms with Crippen molar-refractivity contribution in [3.8, 4) is 0 Å². The molecule has 2 heterocycles. The summed E-state index contributed by atoms with van der Waals surface area (Å²) in [6, 6.07) is 8.52. The zero-order valence-electron chi connectivity index (χ0n) is 15.1. The van der Waals surface area contributed by atoms with Gasteiger partial charge in [0.1, 0.15) is 0 Å². The molecule has 1 atom stereocenters. The van der Waals surface area contributed by atoms with Gasteiger partial charge in [-0.25, -0.2) is 9.18 Å². The Kier molecular flexibility index (Phi) is 5.80. The van der Waals surface area contributed by atoms with Crippen molar-refractivity contribution in [2.24, 2.45) is 0 Å². The third-order valence-electron chi connectivity index (χ3n) is 4.34. The Morgan fingerprint density at radius 3 is 2.92 bits per heavy atom. The molecule has 1 fully saturated rings. The number of anilines is 2. The minimum Gasteiger partial charge on any atom is -0.312 e. The minimum absolute atomic E-state index is 0.170. The highest BCUT2D eigenvalue weighted by atomic mass is 19.1. The van der Waals surface area contributed by atoms with E-state index in [1.54, 1.807) is 36.5 Å². The molecule has 0 bridgehead atoms. The highest BCUT2D eigenvalue weighted by Gasteiger charge is 2.18. The van der Waals surface area contributed by atoms with Crippen molar-refractivity contribution in [2.45, 2.75) is 26.4 Å². The van der Waals surface area contributed by atoms with Gasteiger partial charge in [-0.1, -0.05) is 12.1 Å². The second kappa shape index (κ2) is 8.25. The number of nitrogens with zero attached hydrogens (tertiary/aromatic N) is 2. The first kappa shape index (κ1) is 18.3. The summed E-state index contributed by atoms with van der Waals surface area (Å²) in [5.41, 5.74) is 2.16. The number of carbonyl (C=O) groups is 1. The van der Waals surface area contributed by atoms with E-state index in [4.69, 9.17) is 0 Å². The van der Waals surface area contributed by atoms with E-state index < -0.39 is 11.8 Å². The summed E-state index contributed by atoms with van der Waals surface area (Å²) < 4.78 is 14.8. The smallest absolute Gasteiger partial charge is 0.312 e. The van der Waals surface area contributed by atoms with Gasteiger partial charge in [0.15, 0.2) is 5.82 Å². The lowest BCUT2D eigenvalue weighted by molar-refractivity contribution is 0.197. The number of hydrogen-bond donors (Lipinski definition) is 3. The Bertz CT molecular complexity index is 765. The Morgan fingerprint density at radius 2 is 2.19 bits per heavy atom. The Labute approximate surface area is 152 Å². The number of amides is 2. The fraction of sp³-hybridized carbons (Fsp3) is 0.368. The molecule has 26 heavy (non-hydrogen) atoms. The maximum Gasteiger partial charge on any atom is 0.323 e. The van der Waals surface area contributed by atoms with Crippen LogP contribution in [0.2, 0.25) is 0 Å². The van der Waals surface area contributed by atoms with Gasteiger partial charge in [0.25, 0.3) is 0 Å². The van der Waals surface area contributed by atoms with Gasteiger partial charge >= 0.3 is 6.03 Å². The fourth-order valence-electron chi connectivity index (χ4n) is 3.02. The van der Waals surface area contributed by atoms with Crippen LogP contribution in [-0.4, -0.2) is 41.6 Å². The molecule has 1 aliphatic heterocycles. The molecule has 138 valence electrons. The predicted molar refractivity (Wildman–Crippen MR) is 101 cm³/mol. The zero-order valence-corrected chi connectivity index (χ0v) is 15.1. The predicted octanol–water partition coefficient (Wildman–Crippen LogP) is 2.97. The van der Waals surface area contributed by atoms with Crippen LogP contribution in [0.15, 0.2) is 36.5 Å². The number of rotatable bonds is 4. The summed E-state index contributed by atoms with van der Waals surface area (Å²) in [4.78, 5) is 18.5. The molecule has 3 N–H and O–H groups in total. The Balaban J connectivity index is 1.64. The Hall–Kier alpha value is -2.51. The lowest BCUT2D eigenvalue weighted by Crippen LogP contribution is -2.48. The molecule has 2 amide bonds. The van der Waals surface area contributed by atoms with E-state index in [1.807, 2.05) is 6.92 Å². The number of hydrogen-bond acceptors (Lipinski definition) is 4. The number of piperazine rings is 1. The minimum atomic E-state index is -0.498. The van der Waals surface area contributed by atoms with Crippen molar-refractivity contribution in [1.29, 1.82) is 0 Å². The van der Waals surface area contributed by atoms with Crippen LogP contribution in [0.5, 0.6) is 0 Å². The molecule has 1 aliphatic rings. The molecule has 7 heteroatoms. The van der Waals surface area contributed by atoms with E-state index in [1.165, 1.54) is 0 Å². The quantitative estimate of drug-likeness (QED) is 0.787. The van der Waals surface area contributed by atoms with Crippen LogP contribution < -0.4 is 16.0 Å². The molecule has 6 nitrogen and oxygen atoms in total. The molecule has 1 aromatic carbocycles. The number of urea groups is 1. The van der Waals surface area contributed by atoms with Crippen molar-refractivity contribution >= 4 is 17.4 Å². The molecular weight excluding hydrogens is 333 g/mol. The van der Waals surface area contributed by atoms with Gasteiger partial charge in [0.05, 0.1) is 17.6 Å². The van der Waals surface area contributed by atoms with E-state index >= 15 is 0 Å². The molecular formula is C19H24FN5O. The molecule has 1 aromatic heterocycles. The lowest BCUT2D eigenvalue weighted by atomic mass is 10.1. The van der Waals surface area contributed by atoms with Crippen LogP contribution in [-0.2, 0) is 6.54 Å². The normalized spacial score (nSPS) is 17.7. The van der Waals surface area contributed by atoms with Crippen LogP contribution in [0.1, 0.15) is 18.2 Å². The van der Waals surface area contributed by atoms with Gasteiger partial charge in [-0.05, 0) is 32.0 Å². The first-order chi connectivity index (χ1) is 12.5. The molecule has 3 rings (SSSR count). The molecule has 0 aliphatic carbocycles. The zero-order chi connectivity index (χ0) is 18.5. The number of carbonyl (C=O) groups excluding carboxylic acids is 1. The van der Waals surface area contributed by atoms with E-state index in [9.17, 15) is 9.18 Å². The number of benzene rings is 1. The highest BCUT2D eigenvalue weighted by molar-refractivity contribution is 5.99. The van der Waals surface area contributed by atoms with Crippen molar-refractivity contribution in [3.63, 3.8) is 0 Å². The van der Waals surface area contributed by atoms with Gasteiger partial charge in [-0.2, -0.15) is 0 Å². The molecule has 0 unspecified atom stereocenters. The van der Waals surface area contributed by atoms with E-state index in [0.29, 0.717) is 23.8 Å². The average molecular weight is 357 g/mol. The highest BCUT2D eigenvalue weighted by Crippen LogP contribution is 2.20. The molecule has 0 saturated carbocycles. The summed E-state index contributed by atoms with van der Waals surface area (Å²) >= 11 is 0. The molecule has 1 saturated heterocycles. The fourth-order valence-corrected chi connectivity index (χ4v) is 3.02. The van der Waals surface area contributed by atoms with Crippen LogP contribution in [0.25, 0.3) is 0 Å². The first-order valence-electron chi connectivity index (χ1n) is 8.75. The summed E-state index contributed by atoms with van der Waals surface area (Å²) in [5, 5.41) is 8.60. The standard InChI is InChI=1S/C19H24FN5O/c1-13-6-7-16(10-22-13)23-19(26)24-17-5-3-4-15(18(17)20)12-25-9-8-21-14(2)11-25/h3-7,10,14,21H,8-9,11-12H2,1-2H3,(H2,23,24,26)/t14-/m1/s1. The number of nitrogens with one attached hydrogen (secondary N) is 3. The van der Waals surface area contributed by atoms with E-state index in [0.717, 1.165) is 25.3 Å². The first-order valence-corrected chi connectivity index (χ1v) is 8.75. The largest absolute Gasteiger partial charge is 0.323 e. The van der Waals surface area contributed by atoms with Crippen molar-refractivity contribution < 1.29 is 9.18 Å². The number of aromatic nitrogens is 1. The van der Waals surface area contributed by atoms with Crippen LogP contribution in [0, 0.1) is 12.7 Å². The van der Waals surface area contributed by atoms with Crippen molar-refractivity contribution in [3.05, 3.63) is 53.6 Å². The van der Waals surface area contributed by atoms with Gasteiger partial charge in [-0.3, -0.25) is 9.88 Å². The second-order valence-corrected chi connectivity index (χ2v) is 6.64. The van der Waals surface area contributed by atoms with Crippen LogP contribution >= 0.6 is 0 Å². The summed E-state index contributed by atoms with van der Waals surface area (Å²) in [7, 11) is 0. The number of halogens is 1. The van der Waals surface area contributed by atoms with Crippen LogP contribution in [0.3, 0.4) is 0 Å². The molecule has 0 radical (unpaired) electrons. The van der Waals surface area contributed by atoms with Crippen molar-refractivity contribution in [1.82, 2.24) is 15.2 Å². The lowest BCUT2D eigenvalue weighted by Gasteiger charge is -2.32. The molecule has 2 aromatic rings. The Morgan fingerprint density at radius 1 is 1.35 bits per heavy atom. The topological polar surface area (TPSA) is 69.3 Å². The third-order valence-corrected chi connectivity index (χ3v) is 4.34. The summed E-state index contributed by atoms with van der Waals surface area (Å²) in [5.74, 6) is -0.393. The van der Waals surface area contributed by atoms with Gasteiger partial charge in [0, 0.05) is 43.5 Å². The van der Waals surface area contributed by atoms with Gasteiger partial charge in [-0.15, -0.1) is 0 Å². The maximum absolute atomic E-state index is 14.8. The number of aryl methyl sites for hydroxylation is 1. The third kappa shape index (κ3) is 4.77. The van der Waals surface area contributed by atoms with Crippen LogP contribution in [0.4, 0.5) is 20.6 Å².